The molecule has 2 aromatic rings. The highest BCUT2D eigenvalue weighted by atomic mass is 32.2. The van der Waals surface area contributed by atoms with Gasteiger partial charge in [-0.25, -0.2) is 9.59 Å². The summed E-state index contributed by atoms with van der Waals surface area (Å²) in [5, 5.41) is 7.29. The largest absolute Gasteiger partial charge is 0.482 e. The summed E-state index contributed by atoms with van der Waals surface area (Å²) >= 11 is -0.894. The maximum atomic E-state index is 12.1. The van der Waals surface area contributed by atoms with Crippen LogP contribution in [0.1, 0.15) is 38.0 Å². The molecule has 0 aliphatic rings. The van der Waals surface area contributed by atoms with Crippen molar-refractivity contribution in [3.63, 3.8) is 0 Å². The third-order valence-corrected chi connectivity index (χ3v) is 4.52. The first kappa shape index (κ1) is 28.7. The Bertz CT molecular complexity index is 1070. The van der Waals surface area contributed by atoms with Gasteiger partial charge >= 0.3 is 17.4 Å². The Balaban J connectivity index is 1.78. The number of esters is 2. The zero-order valence-electron chi connectivity index (χ0n) is 19.4. The summed E-state index contributed by atoms with van der Waals surface area (Å²) < 4.78 is 55.2. The van der Waals surface area contributed by atoms with Crippen LogP contribution in [0.2, 0.25) is 0 Å². The van der Waals surface area contributed by atoms with Crippen molar-refractivity contribution in [3.05, 3.63) is 71.8 Å². The van der Waals surface area contributed by atoms with Crippen LogP contribution in [0.15, 0.2) is 65.8 Å². The van der Waals surface area contributed by atoms with Crippen LogP contribution in [0, 0.1) is 0 Å². The van der Waals surface area contributed by atoms with Gasteiger partial charge in [0, 0.05) is 10.6 Å². The molecule has 0 radical (unpaired) electrons. The molecule has 36 heavy (non-hydrogen) atoms. The van der Waals surface area contributed by atoms with Gasteiger partial charge in [-0.15, -0.1) is 4.33 Å². The Morgan fingerprint density at radius 3 is 2.22 bits per heavy atom. The van der Waals surface area contributed by atoms with E-state index in [9.17, 15) is 22.8 Å². The number of benzene rings is 2. The van der Waals surface area contributed by atoms with Gasteiger partial charge in [0.2, 0.25) is 0 Å². The Morgan fingerprint density at radius 2 is 1.64 bits per heavy atom. The Labute approximate surface area is 208 Å². The van der Waals surface area contributed by atoms with Gasteiger partial charge in [-0.2, -0.15) is 18.2 Å². The second-order valence-electron chi connectivity index (χ2n) is 7.10. The van der Waals surface area contributed by atoms with E-state index in [0.717, 1.165) is 0 Å². The number of ether oxygens (including phenoxy) is 3. The lowest BCUT2D eigenvalue weighted by atomic mass is 10.1. The van der Waals surface area contributed by atoms with Gasteiger partial charge in [-0.3, -0.25) is 0 Å². The average Bonchev–Trinajstić information content (AvgIpc) is 2.82. The monoisotopic (exact) mass is 529 g/mol. The van der Waals surface area contributed by atoms with E-state index in [1.807, 2.05) is 0 Å². The lowest BCUT2D eigenvalue weighted by Gasteiger charge is -2.14. The molecule has 194 valence electrons. The molecule has 0 bridgehead atoms. The van der Waals surface area contributed by atoms with Crippen LogP contribution in [0.3, 0.4) is 0 Å². The highest BCUT2D eigenvalue weighted by molar-refractivity contribution is 7.95. The molecule has 2 aromatic carbocycles. The first-order valence-corrected chi connectivity index (χ1v) is 10.9. The van der Waals surface area contributed by atoms with Gasteiger partial charge in [0.25, 0.3) is 0 Å². The topological polar surface area (TPSA) is 102 Å². The Hall–Kier alpha value is -3.55. The van der Waals surface area contributed by atoms with Crippen LogP contribution in [0.5, 0.6) is 11.5 Å². The smallest absolute Gasteiger partial charge is 0.471 e. The van der Waals surface area contributed by atoms with Crippen LogP contribution >= 0.6 is 12.0 Å². The van der Waals surface area contributed by atoms with E-state index in [0.29, 0.717) is 22.6 Å². The molecule has 9 nitrogen and oxygen atoms in total. The molecular formula is C23H22F3NO8S. The molecule has 0 amide bonds. The standard InChI is InChI=1S/C23H22F3NO8S/c1-14(2)22(29)32-20-11-7-18(8-12-20)16(4)31-21(28)13-30-19-9-5-17(6-10-19)15(3)27-33-34-35-36-23(24,25)26/h5-12,16H,1,13H2,2-4H3/b27-15+. The maximum absolute atomic E-state index is 12.1. The number of carbonyl (C=O) groups is 2. The van der Waals surface area contributed by atoms with E-state index in [-0.39, 0.29) is 17.9 Å². The predicted molar refractivity (Wildman–Crippen MR) is 122 cm³/mol. The lowest BCUT2D eigenvalue weighted by molar-refractivity contribution is -0.463. The fraction of sp³-hybridized carbons (Fsp3) is 0.261. The van der Waals surface area contributed by atoms with Crippen molar-refractivity contribution in [2.24, 2.45) is 5.16 Å². The minimum absolute atomic E-state index is 0.274. The number of hydrogen-bond acceptors (Lipinski definition) is 10. The van der Waals surface area contributed by atoms with Crippen molar-refractivity contribution in [2.45, 2.75) is 32.4 Å². The summed E-state index contributed by atoms with van der Waals surface area (Å²) in [6.45, 7) is 7.90. The number of alkyl halides is 3. The lowest BCUT2D eigenvalue weighted by Crippen LogP contribution is -2.17. The van der Waals surface area contributed by atoms with Gasteiger partial charge in [0.05, 0.1) is 5.71 Å². The van der Waals surface area contributed by atoms with Gasteiger partial charge in [0.15, 0.2) is 6.61 Å². The molecule has 0 heterocycles. The summed E-state index contributed by atoms with van der Waals surface area (Å²) in [6, 6.07) is 12.7. The normalized spacial score (nSPS) is 12.4. The first-order valence-electron chi connectivity index (χ1n) is 10.1. The zero-order valence-corrected chi connectivity index (χ0v) is 20.2. The molecule has 13 heteroatoms. The Morgan fingerprint density at radius 1 is 1.03 bits per heavy atom. The third-order valence-electron chi connectivity index (χ3n) is 4.21. The van der Waals surface area contributed by atoms with E-state index in [1.54, 1.807) is 62.4 Å². The van der Waals surface area contributed by atoms with Crippen molar-refractivity contribution in [1.82, 2.24) is 0 Å². The SMILES string of the molecule is C=C(C)C(=O)Oc1ccc(C(C)OC(=O)COc2ccc(/C(C)=N/OOOSC(F)(F)F)cc2)cc1. The molecule has 0 saturated heterocycles. The number of oxime groups is 1. The summed E-state index contributed by atoms with van der Waals surface area (Å²) in [5.41, 5.74) is -2.86. The van der Waals surface area contributed by atoms with Gasteiger partial charge in [-0.1, -0.05) is 18.7 Å². The Kier molecular flexibility index (Phi) is 10.8. The van der Waals surface area contributed by atoms with Crippen molar-refractivity contribution in [1.29, 1.82) is 0 Å². The molecule has 0 aromatic heterocycles. The molecule has 0 fully saturated rings. The van der Waals surface area contributed by atoms with E-state index < -0.39 is 35.6 Å². The molecule has 0 aliphatic carbocycles. The van der Waals surface area contributed by atoms with E-state index in [4.69, 9.17) is 14.2 Å². The quantitative estimate of drug-likeness (QED) is 0.0506. The van der Waals surface area contributed by atoms with Crippen LogP contribution in [-0.4, -0.2) is 29.8 Å². The summed E-state index contributed by atoms with van der Waals surface area (Å²) in [4.78, 5) is 27.9. The molecule has 2 rings (SSSR count). The van der Waals surface area contributed by atoms with Crippen molar-refractivity contribution >= 4 is 29.7 Å². The van der Waals surface area contributed by atoms with Gasteiger partial charge in [0.1, 0.15) is 29.6 Å². The molecule has 1 atom stereocenters. The minimum Gasteiger partial charge on any atom is -0.482 e. The molecular weight excluding hydrogens is 507 g/mol. The predicted octanol–water partition coefficient (Wildman–Crippen LogP) is 5.62. The van der Waals surface area contributed by atoms with E-state index >= 15 is 0 Å². The molecule has 0 saturated carbocycles. The van der Waals surface area contributed by atoms with Gasteiger partial charge < -0.3 is 14.2 Å². The molecule has 1 unspecified atom stereocenters. The van der Waals surface area contributed by atoms with Gasteiger partial charge in [-0.05, 0) is 73.5 Å². The number of nitrogens with zero attached hydrogens (tertiary/aromatic N) is 1. The second-order valence-corrected chi connectivity index (χ2v) is 7.87. The minimum atomic E-state index is -4.64. The van der Waals surface area contributed by atoms with Crippen LogP contribution in [-0.2, 0) is 28.7 Å². The highest BCUT2D eigenvalue weighted by Gasteiger charge is 2.31. The molecule has 0 N–H and O–H groups in total. The number of carbonyl (C=O) groups excluding carboxylic acids is 2. The van der Waals surface area contributed by atoms with Crippen molar-refractivity contribution in [2.75, 3.05) is 6.61 Å². The summed E-state index contributed by atoms with van der Waals surface area (Å²) in [5.74, 6) is -0.442. The summed E-state index contributed by atoms with van der Waals surface area (Å²) in [6.07, 6.45) is -0.575. The van der Waals surface area contributed by atoms with E-state index in [1.165, 1.54) is 6.92 Å². The fourth-order valence-corrected chi connectivity index (χ4v) is 2.55. The second kappa shape index (κ2) is 13.5. The first-order chi connectivity index (χ1) is 16.9. The third kappa shape index (κ3) is 10.4. The summed E-state index contributed by atoms with van der Waals surface area (Å²) in [7, 11) is 0. The zero-order chi connectivity index (χ0) is 26.7. The number of halogens is 3. The van der Waals surface area contributed by atoms with Crippen LogP contribution < -0.4 is 9.47 Å². The molecule has 0 aliphatic heterocycles. The van der Waals surface area contributed by atoms with Crippen LogP contribution in [0.25, 0.3) is 0 Å². The van der Waals surface area contributed by atoms with Crippen molar-refractivity contribution in [3.8, 4) is 11.5 Å². The fourth-order valence-electron chi connectivity index (χ4n) is 2.42. The maximum Gasteiger partial charge on any atom is 0.471 e. The highest BCUT2D eigenvalue weighted by Crippen LogP contribution is 2.31. The average molecular weight is 529 g/mol. The van der Waals surface area contributed by atoms with E-state index in [2.05, 4.69) is 26.1 Å². The van der Waals surface area contributed by atoms with Crippen molar-refractivity contribution < 1.29 is 51.3 Å². The number of hydrogen-bond donors (Lipinski definition) is 0. The number of rotatable bonds is 12. The van der Waals surface area contributed by atoms with Crippen LogP contribution in [0.4, 0.5) is 13.2 Å². The molecule has 0 spiro atoms.